The summed E-state index contributed by atoms with van der Waals surface area (Å²) in [6, 6.07) is 12.7. The number of sulfonamides is 1. The van der Waals surface area contributed by atoms with Gasteiger partial charge in [-0.15, -0.1) is 0 Å². The zero-order valence-corrected chi connectivity index (χ0v) is 18.4. The van der Waals surface area contributed by atoms with Crippen LogP contribution in [0.1, 0.15) is 35.6 Å². The average molecular weight is 403 g/mol. The first-order valence-corrected chi connectivity index (χ1v) is 11.3. The number of anilines is 1. The molecule has 0 aliphatic rings. The Bertz CT molecular complexity index is 937. The maximum absolute atomic E-state index is 13.2. The molecule has 1 atom stereocenters. The lowest BCUT2D eigenvalue weighted by Crippen LogP contribution is -2.49. The first-order valence-electron chi connectivity index (χ1n) is 9.41. The van der Waals surface area contributed by atoms with Crippen LogP contribution < -0.4 is 4.31 Å². The van der Waals surface area contributed by atoms with Crippen LogP contribution in [0.2, 0.25) is 0 Å². The second kappa shape index (κ2) is 8.78. The minimum atomic E-state index is -3.63. The summed E-state index contributed by atoms with van der Waals surface area (Å²) in [4.78, 5) is 14.8. The second-order valence-electron chi connectivity index (χ2n) is 7.43. The highest BCUT2D eigenvalue weighted by atomic mass is 32.2. The molecule has 6 heteroatoms. The number of carbonyl (C=O) groups is 1. The van der Waals surface area contributed by atoms with E-state index >= 15 is 0 Å². The Morgan fingerprint density at radius 1 is 1.00 bits per heavy atom. The van der Waals surface area contributed by atoms with Gasteiger partial charge in [-0.25, -0.2) is 8.42 Å². The number of likely N-dealkylation sites (N-methyl/N-ethyl adjacent to an activating group) is 1. The largest absolute Gasteiger partial charge is 0.340 e. The fourth-order valence-corrected chi connectivity index (χ4v) is 4.40. The number of aryl methyl sites for hydroxylation is 3. The average Bonchev–Trinajstić information content (AvgIpc) is 2.62. The van der Waals surface area contributed by atoms with E-state index in [1.165, 1.54) is 4.31 Å². The van der Waals surface area contributed by atoms with Crippen LogP contribution in [0.3, 0.4) is 0 Å². The monoisotopic (exact) mass is 402 g/mol. The molecule has 2 aromatic rings. The fraction of sp³-hybridized carbons (Fsp3) is 0.409. The minimum Gasteiger partial charge on any atom is -0.340 e. The molecule has 0 aliphatic carbocycles. The molecule has 0 unspecified atom stereocenters. The summed E-state index contributed by atoms with van der Waals surface area (Å²) in [7, 11) is -1.92. The summed E-state index contributed by atoms with van der Waals surface area (Å²) in [5.41, 5.74) is 4.75. The Hall–Kier alpha value is -2.34. The number of benzene rings is 2. The number of hydrogen-bond donors (Lipinski definition) is 0. The maximum Gasteiger partial charge on any atom is 0.246 e. The molecule has 2 aromatic carbocycles. The standard InChI is InChI=1S/C22H30N2O3S/c1-7-21(22(25)23(5)15-19-11-8-16(2)9-12-19)24(28(6,26)27)20-13-10-17(3)18(4)14-20/h8-14,21H,7,15H2,1-6H3/t21-/m0/s1. The molecule has 0 aromatic heterocycles. The lowest BCUT2D eigenvalue weighted by Gasteiger charge is -2.33. The van der Waals surface area contributed by atoms with E-state index in [0.29, 0.717) is 18.7 Å². The van der Waals surface area contributed by atoms with Crippen molar-refractivity contribution in [3.05, 3.63) is 64.7 Å². The van der Waals surface area contributed by atoms with Crippen LogP contribution >= 0.6 is 0 Å². The highest BCUT2D eigenvalue weighted by Gasteiger charge is 2.33. The van der Waals surface area contributed by atoms with Crippen molar-refractivity contribution in [3.63, 3.8) is 0 Å². The molecule has 152 valence electrons. The van der Waals surface area contributed by atoms with Gasteiger partial charge in [-0.05, 0) is 56.0 Å². The quantitative estimate of drug-likeness (QED) is 0.707. The van der Waals surface area contributed by atoms with E-state index in [1.807, 2.05) is 64.1 Å². The second-order valence-corrected chi connectivity index (χ2v) is 9.29. The predicted octanol–water partition coefficient (Wildman–Crippen LogP) is 3.82. The molecule has 1 amide bonds. The van der Waals surface area contributed by atoms with E-state index in [-0.39, 0.29) is 5.91 Å². The predicted molar refractivity (Wildman–Crippen MR) is 115 cm³/mol. The Labute approximate surface area is 169 Å². The summed E-state index contributed by atoms with van der Waals surface area (Å²) in [5, 5.41) is 0. The smallest absolute Gasteiger partial charge is 0.246 e. The third-order valence-electron chi connectivity index (χ3n) is 4.97. The van der Waals surface area contributed by atoms with Crippen molar-refractivity contribution in [3.8, 4) is 0 Å². The van der Waals surface area contributed by atoms with Gasteiger partial charge in [-0.2, -0.15) is 0 Å². The van der Waals surface area contributed by atoms with Crippen molar-refractivity contribution < 1.29 is 13.2 Å². The van der Waals surface area contributed by atoms with Gasteiger partial charge in [-0.1, -0.05) is 42.8 Å². The topological polar surface area (TPSA) is 57.7 Å². The summed E-state index contributed by atoms with van der Waals surface area (Å²) in [5.74, 6) is -0.216. The molecule has 0 bridgehead atoms. The number of nitrogens with zero attached hydrogens (tertiary/aromatic N) is 2. The Kier molecular flexibility index (Phi) is 6.88. The number of carbonyl (C=O) groups excluding carboxylic acids is 1. The molecule has 28 heavy (non-hydrogen) atoms. The van der Waals surface area contributed by atoms with E-state index < -0.39 is 16.1 Å². The molecule has 0 heterocycles. The van der Waals surface area contributed by atoms with Crippen LogP contribution in [-0.2, 0) is 21.4 Å². The normalized spacial score (nSPS) is 12.5. The highest BCUT2D eigenvalue weighted by molar-refractivity contribution is 7.92. The number of hydrogen-bond acceptors (Lipinski definition) is 3. The van der Waals surface area contributed by atoms with Gasteiger partial charge in [-0.3, -0.25) is 9.10 Å². The third kappa shape index (κ3) is 5.13. The van der Waals surface area contributed by atoms with Crippen LogP contribution in [-0.4, -0.2) is 38.6 Å². The SMILES string of the molecule is CC[C@@H](C(=O)N(C)Cc1ccc(C)cc1)N(c1ccc(C)c(C)c1)S(C)(=O)=O. The maximum atomic E-state index is 13.2. The van der Waals surface area contributed by atoms with Gasteiger partial charge in [0.1, 0.15) is 6.04 Å². The van der Waals surface area contributed by atoms with Crippen molar-refractivity contribution in [2.24, 2.45) is 0 Å². The summed E-state index contributed by atoms with van der Waals surface area (Å²) >= 11 is 0. The van der Waals surface area contributed by atoms with Crippen LogP contribution in [0.5, 0.6) is 0 Å². The van der Waals surface area contributed by atoms with Crippen molar-refractivity contribution in [2.75, 3.05) is 17.6 Å². The van der Waals surface area contributed by atoms with Gasteiger partial charge in [0.05, 0.1) is 11.9 Å². The van der Waals surface area contributed by atoms with Crippen molar-refractivity contribution in [1.82, 2.24) is 4.90 Å². The van der Waals surface area contributed by atoms with E-state index in [2.05, 4.69) is 0 Å². The molecule has 0 radical (unpaired) electrons. The first kappa shape index (κ1) is 22.0. The van der Waals surface area contributed by atoms with Gasteiger partial charge < -0.3 is 4.90 Å². The molecule has 0 spiro atoms. The molecule has 5 nitrogen and oxygen atoms in total. The van der Waals surface area contributed by atoms with Gasteiger partial charge in [0, 0.05) is 13.6 Å². The van der Waals surface area contributed by atoms with Gasteiger partial charge in [0.2, 0.25) is 15.9 Å². The molecular formula is C22H30N2O3S. The summed E-state index contributed by atoms with van der Waals surface area (Å²) in [6.45, 7) is 8.19. The lowest BCUT2D eigenvalue weighted by atomic mass is 10.1. The molecule has 0 fully saturated rings. The minimum absolute atomic E-state index is 0.216. The Morgan fingerprint density at radius 3 is 2.11 bits per heavy atom. The molecule has 0 aliphatic heterocycles. The molecule has 2 rings (SSSR count). The Balaban J connectivity index is 2.35. The first-order chi connectivity index (χ1) is 13.0. The summed E-state index contributed by atoms with van der Waals surface area (Å²) in [6.07, 6.45) is 1.54. The van der Waals surface area contributed by atoms with Gasteiger partial charge >= 0.3 is 0 Å². The van der Waals surface area contributed by atoms with Crippen molar-refractivity contribution in [1.29, 1.82) is 0 Å². The van der Waals surface area contributed by atoms with Crippen LogP contribution in [0.4, 0.5) is 5.69 Å². The summed E-state index contributed by atoms with van der Waals surface area (Å²) < 4.78 is 26.5. The molecule has 0 saturated carbocycles. The highest BCUT2D eigenvalue weighted by Crippen LogP contribution is 2.26. The Morgan fingerprint density at radius 2 is 1.61 bits per heavy atom. The fourth-order valence-electron chi connectivity index (χ4n) is 3.21. The van der Waals surface area contributed by atoms with E-state index in [1.54, 1.807) is 18.0 Å². The van der Waals surface area contributed by atoms with Gasteiger partial charge in [0.25, 0.3) is 0 Å². The van der Waals surface area contributed by atoms with E-state index in [9.17, 15) is 13.2 Å². The van der Waals surface area contributed by atoms with Crippen LogP contribution in [0.25, 0.3) is 0 Å². The van der Waals surface area contributed by atoms with E-state index in [4.69, 9.17) is 0 Å². The zero-order chi connectivity index (χ0) is 21.1. The molecular weight excluding hydrogens is 372 g/mol. The van der Waals surface area contributed by atoms with Crippen LogP contribution in [0.15, 0.2) is 42.5 Å². The molecule has 0 saturated heterocycles. The van der Waals surface area contributed by atoms with Crippen LogP contribution in [0, 0.1) is 20.8 Å². The van der Waals surface area contributed by atoms with Crippen molar-refractivity contribution >= 4 is 21.6 Å². The van der Waals surface area contributed by atoms with Crippen molar-refractivity contribution in [2.45, 2.75) is 46.7 Å². The van der Waals surface area contributed by atoms with E-state index in [0.717, 1.165) is 28.5 Å². The number of amides is 1. The van der Waals surface area contributed by atoms with Gasteiger partial charge in [0.15, 0.2) is 0 Å². The zero-order valence-electron chi connectivity index (χ0n) is 17.6. The molecule has 0 N–H and O–H groups in total. The number of rotatable bonds is 7. The lowest BCUT2D eigenvalue weighted by molar-refractivity contribution is -0.131. The third-order valence-corrected chi connectivity index (χ3v) is 6.15.